The second-order valence-corrected chi connectivity index (χ2v) is 16.5. The number of hydrogen-bond donors (Lipinski definition) is 4. The van der Waals surface area contributed by atoms with E-state index in [0.717, 1.165) is 109 Å². The van der Waals surface area contributed by atoms with Gasteiger partial charge in [-0.3, -0.25) is 14.5 Å². The first-order valence-corrected chi connectivity index (χ1v) is 23.4. The summed E-state index contributed by atoms with van der Waals surface area (Å²) in [5.74, 6) is 2.57. The molecule has 3 fully saturated rings. The van der Waals surface area contributed by atoms with Gasteiger partial charge in [-0.05, 0) is 54.6 Å². The molecule has 6 aromatic heterocycles. The molecule has 6 aromatic rings. The zero-order chi connectivity index (χ0) is 45.1. The molecule has 0 radical (unpaired) electrons. The number of nitrogens with zero attached hydrogens (tertiary/aromatic N) is 11. The van der Waals surface area contributed by atoms with Gasteiger partial charge in [0.05, 0.1) is 101 Å². The largest absolute Gasteiger partial charge is 0.396 e. The van der Waals surface area contributed by atoms with Crippen molar-refractivity contribution in [2.45, 2.75) is 13.1 Å². The zero-order valence-electron chi connectivity index (χ0n) is 35.2. The first-order valence-electron chi connectivity index (χ1n) is 20.7. The minimum Gasteiger partial charge on any atom is -0.396 e. The van der Waals surface area contributed by atoms with Crippen LogP contribution < -0.4 is 14.7 Å². The maximum Gasteiger partial charge on any atom is 0.130 e. The second kappa shape index (κ2) is 26.1. The Kier molecular flexibility index (Phi) is 20.1. The number of aromatic amines is 1. The number of morpholine rings is 3. The molecule has 3 aliphatic rings. The van der Waals surface area contributed by atoms with Gasteiger partial charge in [-0.15, -0.1) is 0 Å². The van der Waals surface area contributed by atoms with Crippen LogP contribution in [0.1, 0.15) is 0 Å². The zero-order valence-corrected chi connectivity index (χ0v) is 39.6. The van der Waals surface area contributed by atoms with Crippen molar-refractivity contribution in [3.8, 4) is 34.2 Å². The number of pyridine rings is 3. The van der Waals surface area contributed by atoms with Crippen LogP contribution in [0.5, 0.6) is 0 Å². The van der Waals surface area contributed by atoms with Crippen LogP contribution in [0.25, 0.3) is 34.2 Å². The van der Waals surface area contributed by atoms with Crippen molar-refractivity contribution in [2.75, 3.05) is 118 Å². The topological polar surface area (TPSA) is 201 Å². The average Bonchev–Trinajstić information content (AvgIpc) is 4.14. The van der Waals surface area contributed by atoms with Gasteiger partial charge in [0.15, 0.2) is 0 Å². The van der Waals surface area contributed by atoms with E-state index in [2.05, 4.69) is 72.6 Å². The van der Waals surface area contributed by atoms with Crippen molar-refractivity contribution in [2.24, 2.45) is 0 Å². The van der Waals surface area contributed by atoms with E-state index in [1.165, 1.54) is 0 Å². The molecular weight excluding hydrogens is 1000 g/mol. The van der Waals surface area contributed by atoms with Crippen molar-refractivity contribution in [1.82, 2.24) is 44.7 Å². The lowest BCUT2D eigenvalue weighted by atomic mass is 10.2. The molecule has 0 unspecified atom stereocenters. The lowest BCUT2D eigenvalue weighted by molar-refractivity contribution is 0.122. The Labute approximate surface area is 400 Å². The average molecular weight is 1050 g/mol. The Bertz CT molecular complexity index is 2290. The van der Waals surface area contributed by atoms with Crippen molar-refractivity contribution in [3.63, 3.8) is 0 Å². The minimum absolute atomic E-state index is 0.0333. The summed E-state index contributed by atoms with van der Waals surface area (Å²) < 4.78 is 20.3. The first-order chi connectivity index (χ1) is 31.3. The van der Waals surface area contributed by atoms with Gasteiger partial charge in [0, 0.05) is 77.4 Å². The number of halogens is 4. The molecule has 0 bridgehead atoms. The van der Waals surface area contributed by atoms with E-state index < -0.39 is 0 Å². The number of anilines is 3. The van der Waals surface area contributed by atoms with Gasteiger partial charge in [-0.2, -0.15) is 15.3 Å². The molecule has 0 atom stereocenters. The smallest absolute Gasteiger partial charge is 0.130 e. The van der Waals surface area contributed by atoms with Crippen LogP contribution >= 0.6 is 57.4 Å². The summed E-state index contributed by atoms with van der Waals surface area (Å²) in [6, 6.07) is 16.7. The quantitative estimate of drug-likeness (QED) is 0.0971. The van der Waals surface area contributed by atoms with Gasteiger partial charge in [0.2, 0.25) is 0 Å². The number of H-pyrrole nitrogens is 1. The number of nitrogens with one attached hydrogen (secondary N) is 1. The highest BCUT2D eigenvalue weighted by molar-refractivity contribution is 14.1. The fourth-order valence-electron chi connectivity index (χ4n) is 6.66. The van der Waals surface area contributed by atoms with Gasteiger partial charge in [-0.1, -0.05) is 57.4 Å². The van der Waals surface area contributed by atoms with Crippen LogP contribution in [0, 0.1) is 0 Å². The van der Waals surface area contributed by atoms with Gasteiger partial charge in [-0.25, -0.2) is 15.0 Å². The Morgan fingerprint density at radius 1 is 0.578 bits per heavy atom. The van der Waals surface area contributed by atoms with Crippen molar-refractivity contribution in [3.05, 3.63) is 88.3 Å². The van der Waals surface area contributed by atoms with Crippen LogP contribution in [-0.4, -0.2) is 163 Å². The third-order valence-corrected chi connectivity index (χ3v) is 10.9. The summed E-state index contributed by atoms with van der Waals surface area (Å²) in [5, 5.41) is 43.3. The lowest BCUT2D eigenvalue weighted by Gasteiger charge is -2.28. The molecule has 64 heavy (non-hydrogen) atoms. The third kappa shape index (κ3) is 14.7. The molecule has 18 nitrogen and oxygen atoms in total. The summed E-state index contributed by atoms with van der Waals surface area (Å²) in [4.78, 5) is 20.4. The normalized spacial score (nSPS) is 15.1. The van der Waals surface area contributed by atoms with Crippen molar-refractivity contribution < 1.29 is 29.5 Å². The molecular formula is C42H52Cl3IN12O6. The molecule has 9 heterocycles. The summed E-state index contributed by atoms with van der Waals surface area (Å²) in [7, 11) is 0. The number of aliphatic hydroxyl groups is 3. The number of aliphatic hydroxyl groups excluding tert-OH is 3. The molecule has 0 spiro atoms. The Morgan fingerprint density at radius 2 is 1.06 bits per heavy atom. The minimum atomic E-state index is 0.0333. The van der Waals surface area contributed by atoms with Crippen LogP contribution in [0.2, 0.25) is 15.1 Å². The summed E-state index contributed by atoms with van der Waals surface area (Å²) >= 11 is 20.7. The van der Waals surface area contributed by atoms with E-state index in [1.54, 1.807) is 27.8 Å². The van der Waals surface area contributed by atoms with Crippen LogP contribution in [-0.2, 0) is 27.3 Å². The molecule has 9 rings (SSSR count). The predicted octanol–water partition coefficient (Wildman–Crippen LogP) is 5.23. The van der Waals surface area contributed by atoms with Crippen LogP contribution in [0.3, 0.4) is 0 Å². The molecule has 0 amide bonds. The maximum atomic E-state index is 9.09. The Balaban J connectivity index is 0.000000153. The van der Waals surface area contributed by atoms with Gasteiger partial charge in [0.1, 0.15) is 23.1 Å². The SMILES string of the molecule is Clc1cc(-c2ccn[nH]2)nc(N2CCOCC2)c1.OCCI.OCCn1ccc(-c2cc(Cl)cc(N3CCOCC3)n2)n1.OCCn1nccc1-c1cc(Cl)cc(N2CCOCC2)n1. The number of rotatable bonds is 11. The highest BCUT2D eigenvalue weighted by Crippen LogP contribution is 2.28. The highest BCUT2D eigenvalue weighted by atomic mass is 127. The molecule has 4 N–H and O–H groups in total. The highest BCUT2D eigenvalue weighted by Gasteiger charge is 2.18. The molecule has 344 valence electrons. The molecule has 22 heteroatoms. The summed E-state index contributed by atoms with van der Waals surface area (Å²) in [6.45, 7) is 10.5. The molecule has 3 aliphatic heterocycles. The van der Waals surface area contributed by atoms with E-state index in [4.69, 9.17) is 64.3 Å². The van der Waals surface area contributed by atoms with E-state index in [0.29, 0.717) is 61.2 Å². The van der Waals surface area contributed by atoms with Crippen molar-refractivity contribution in [1.29, 1.82) is 0 Å². The third-order valence-electron chi connectivity index (χ3n) is 9.72. The Morgan fingerprint density at radius 3 is 1.55 bits per heavy atom. The summed E-state index contributed by atoms with van der Waals surface area (Å²) in [5.41, 5.74) is 4.77. The monoisotopic (exact) mass is 1050 g/mol. The second-order valence-electron chi connectivity index (χ2n) is 14.1. The predicted molar refractivity (Wildman–Crippen MR) is 257 cm³/mol. The molecule has 0 aromatic carbocycles. The van der Waals surface area contributed by atoms with Crippen molar-refractivity contribution >= 4 is 74.8 Å². The summed E-state index contributed by atoms with van der Waals surface area (Å²) in [6.07, 6.45) is 5.22. The molecule has 3 saturated heterocycles. The van der Waals surface area contributed by atoms with E-state index >= 15 is 0 Å². The lowest BCUT2D eigenvalue weighted by Crippen LogP contribution is -2.36. The number of hydrogen-bond acceptors (Lipinski definition) is 15. The molecule has 0 saturated carbocycles. The fourth-order valence-corrected chi connectivity index (χ4v) is 7.26. The number of aromatic nitrogens is 9. The van der Waals surface area contributed by atoms with Gasteiger partial charge < -0.3 is 44.2 Å². The number of alkyl halides is 1. The fraction of sp³-hybridized carbons (Fsp3) is 0.429. The van der Waals surface area contributed by atoms with Gasteiger partial charge in [0.25, 0.3) is 0 Å². The molecule has 0 aliphatic carbocycles. The standard InChI is InChI=1S/2C14H17ClN4O2.C12H13ClN4O.C2H5IO/c15-11-9-12(13-1-2-16-19(13)3-6-20)17-14(10-11)18-4-7-21-8-5-18;15-11-9-13(12-1-2-19(17-12)3-6-20)16-14(10-11)18-4-7-21-8-5-18;13-9-7-11(10-1-2-14-16-10)15-12(8-9)17-3-5-18-6-4-17;3-1-2-4/h2*1-2,9-10,20H,3-8H2;1-2,7-8H,3-6H2,(H,14,16);4H,1-2H2. The van der Waals surface area contributed by atoms with E-state index in [1.807, 2.05) is 54.7 Å². The first kappa shape index (κ1) is 49.3. The Hall–Kier alpha value is -4.16. The van der Waals surface area contributed by atoms with Gasteiger partial charge >= 0.3 is 0 Å². The van der Waals surface area contributed by atoms with Crippen LogP contribution in [0.15, 0.2) is 73.2 Å². The van der Waals surface area contributed by atoms with E-state index in [9.17, 15) is 0 Å². The van der Waals surface area contributed by atoms with E-state index in [-0.39, 0.29) is 13.2 Å². The maximum absolute atomic E-state index is 9.09. The number of ether oxygens (including phenoxy) is 3. The van der Waals surface area contributed by atoms with Crippen LogP contribution in [0.4, 0.5) is 17.5 Å².